The molecule has 0 radical (unpaired) electrons. The molecule has 0 aliphatic carbocycles. The van der Waals surface area contributed by atoms with Crippen molar-refractivity contribution in [3.05, 3.63) is 62.3 Å². The highest BCUT2D eigenvalue weighted by Crippen LogP contribution is 2.51. The molecule has 1 aromatic carbocycles. The molecule has 180 valence electrons. The number of carbonyl (C=O) groups is 2. The van der Waals surface area contributed by atoms with E-state index in [0.29, 0.717) is 31.5 Å². The predicted octanol–water partition coefficient (Wildman–Crippen LogP) is 1.85. The fourth-order valence-corrected chi connectivity index (χ4v) is 5.78. The Morgan fingerprint density at radius 2 is 1.85 bits per heavy atom. The molecule has 5 rings (SSSR count). The standard InChI is InChI=1S/C23H22F3N3O5/c1-22(34)9-23-4-2-3-5-28(10-23)21(33)16-18(31)17(30)15(19(22)29(16)23)20(32)27-8-12-13(25)6-11(24)7-14(12)26/h6-7,31,34H,2-5,8-10H2,1H3,(H,27,32)/t22-,23-/m0/s1. The van der Waals surface area contributed by atoms with Gasteiger partial charge in [-0.2, -0.15) is 0 Å². The van der Waals surface area contributed by atoms with E-state index < -0.39 is 69.3 Å². The first kappa shape index (κ1) is 22.5. The SMILES string of the molecule is C[C@]1(O)C[C@@]23CCCCN(C2)C(=O)c2c(O)c(=O)c(C(=O)NCc4c(F)cc(F)cc4F)c1n23. The van der Waals surface area contributed by atoms with E-state index in [0.717, 1.165) is 6.42 Å². The van der Waals surface area contributed by atoms with Gasteiger partial charge in [-0.3, -0.25) is 14.4 Å². The average Bonchev–Trinajstić information content (AvgIpc) is 2.86. The van der Waals surface area contributed by atoms with Gasteiger partial charge in [0.15, 0.2) is 11.4 Å². The van der Waals surface area contributed by atoms with E-state index >= 15 is 0 Å². The molecule has 2 atom stereocenters. The number of aliphatic hydroxyl groups is 1. The highest BCUT2D eigenvalue weighted by Gasteiger charge is 2.57. The summed E-state index contributed by atoms with van der Waals surface area (Å²) in [6.45, 7) is 1.42. The number of benzene rings is 1. The van der Waals surface area contributed by atoms with Crippen LogP contribution in [0, 0.1) is 17.5 Å². The Labute approximate surface area is 191 Å². The maximum absolute atomic E-state index is 14.0. The molecule has 2 aromatic rings. The van der Waals surface area contributed by atoms with Crippen molar-refractivity contribution in [2.24, 2.45) is 0 Å². The second kappa shape index (κ2) is 7.33. The van der Waals surface area contributed by atoms with E-state index in [1.807, 2.05) is 0 Å². The van der Waals surface area contributed by atoms with Gasteiger partial charge in [0.05, 0.1) is 11.2 Å². The number of aromatic hydroxyl groups is 1. The fourth-order valence-electron chi connectivity index (χ4n) is 5.78. The van der Waals surface area contributed by atoms with Gasteiger partial charge < -0.3 is 25.0 Å². The summed E-state index contributed by atoms with van der Waals surface area (Å²) in [4.78, 5) is 40.9. The molecular formula is C23H22F3N3O5. The first-order valence-corrected chi connectivity index (χ1v) is 10.9. The van der Waals surface area contributed by atoms with Gasteiger partial charge in [0, 0.05) is 43.8 Å². The number of carbonyl (C=O) groups excluding carboxylic acids is 2. The molecule has 3 aliphatic heterocycles. The van der Waals surface area contributed by atoms with Gasteiger partial charge in [-0.05, 0) is 26.2 Å². The van der Waals surface area contributed by atoms with Crippen LogP contribution in [-0.2, 0) is 17.7 Å². The second-order valence-corrected chi connectivity index (χ2v) is 9.47. The fraction of sp³-hybridized carbons (Fsp3) is 0.435. The number of rotatable bonds is 3. The molecule has 0 saturated carbocycles. The quantitative estimate of drug-likeness (QED) is 0.625. The van der Waals surface area contributed by atoms with Crippen molar-refractivity contribution in [2.75, 3.05) is 13.1 Å². The van der Waals surface area contributed by atoms with Gasteiger partial charge in [-0.15, -0.1) is 0 Å². The lowest BCUT2D eigenvalue weighted by Crippen LogP contribution is -2.52. The van der Waals surface area contributed by atoms with Crippen LogP contribution in [0.15, 0.2) is 16.9 Å². The van der Waals surface area contributed by atoms with Crippen molar-refractivity contribution in [3.63, 3.8) is 0 Å². The third-order valence-electron chi connectivity index (χ3n) is 7.06. The minimum Gasteiger partial charge on any atom is -0.503 e. The minimum absolute atomic E-state index is 0.112. The summed E-state index contributed by atoms with van der Waals surface area (Å²) in [5.41, 5.74) is -5.27. The number of nitrogens with zero attached hydrogens (tertiary/aromatic N) is 2. The number of amides is 2. The van der Waals surface area contributed by atoms with Crippen LogP contribution >= 0.6 is 0 Å². The van der Waals surface area contributed by atoms with Crippen molar-refractivity contribution in [1.82, 2.24) is 14.8 Å². The topological polar surface area (TPSA) is 112 Å². The molecule has 1 aromatic heterocycles. The van der Waals surface area contributed by atoms with Crippen LogP contribution in [0.3, 0.4) is 0 Å². The number of fused-ring (bicyclic) bond motifs is 1. The number of pyridine rings is 1. The van der Waals surface area contributed by atoms with E-state index in [1.165, 1.54) is 11.5 Å². The summed E-state index contributed by atoms with van der Waals surface area (Å²) < 4.78 is 42.6. The molecular weight excluding hydrogens is 455 g/mol. The van der Waals surface area contributed by atoms with Crippen LogP contribution in [-0.4, -0.2) is 44.6 Å². The molecule has 1 saturated heterocycles. The Morgan fingerprint density at radius 3 is 2.53 bits per heavy atom. The summed E-state index contributed by atoms with van der Waals surface area (Å²) in [5, 5.41) is 24.3. The zero-order valence-electron chi connectivity index (χ0n) is 18.3. The molecule has 3 N–H and O–H groups in total. The van der Waals surface area contributed by atoms with E-state index in [-0.39, 0.29) is 24.4 Å². The smallest absolute Gasteiger partial charge is 0.274 e. The summed E-state index contributed by atoms with van der Waals surface area (Å²) in [6, 6.07) is 0.920. The summed E-state index contributed by atoms with van der Waals surface area (Å²) >= 11 is 0. The van der Waals surface area contributed by atoms with Crippen molar-refractivity contribution in [2.45, 2.75) is 50.3 Å². The summed E-state index contributed by atoms with van der Waals surface area (Å²) in [6.07, 6.45) is 2.12. The molecule has 2 bridgehead atoms. The maximum atomic E-state index is 14.0. The lowest BCUT2D eigenvalue weighted by molar-refractivity contribution is 0.0254. The van der Waals surface area contributed by atoms with Crippen LogP contribution in [0.5, 0.6) is 5.75 Å². The zero-order valence-corrected chi connectivity index (χ0v) is 18.3. The molecule has 1 fully saturated rings. The third kappa shape index (κ3) is 3.06. The lowest BCUT2D eigenvalue weighted by atomic mass is 9.84. The molecule has 11 heteroatoms. The number of hydrogen-bond acceptors (Lipinski definition) is 5. The second-order valence-electron chi connectivity index (χ2n) is 9.47. The number of nitrogens with one attached hydrogen (secondary N) is 1. The number of hydrogen-bond donors (Lipinski definition) is 3. The van der Waals surface area contributed by atoms with E-state index in [1.54, 1.807) is 4.90 Å². The van der Waals surface area contributed by atoms with Crippen LogP contribution in [0.1, 0.15) is 64.7 Å². The summed E-state index contributed by atoms with van der Waals surface area (Å²) in [5.74, 6) is -6.13. The molecule has 3 aliphatic rings. The highest BCUT2D eigenvalue weighted by molar-refractivity contribution is 6.01. The number of halogens is 3. The first-order chi connectivity index (χ1) is 16.0. The highest BCUT2D eigenvalue weighted by atomic mass is 19.1. The Morgan fingerprint density at radius 1 is 1.18 bits per heavy atom. The zero-order chi connectivity index (χ0) is 24.6. The third-order valence-corrected chi connectivity index (χ3v) is 7.06. The van der Waals surface area contributed by atoms with Gasteiger partial charge in [-0.25, -0.2) is 13.2 Å². The Hall–Kier alpha value is -3.34. The van der Waals surface area contributed by atoms with Crippen molar-refractivity contribution in [3.8, 4) is 5.75 Å². The van der Waals surface area contributed by atoms with Crippen molar-refractivity contribution >= 4 is 11.8 Å². The van der Waals surface area contributed by atoms with E-state index in [4.69, 9.17) is 0 Å². The Balaban J connectivity index is 1.64. The van der Waals surface area contributed by atoms with Crippen LogP contribution in [0.25, 0.3) is 0 Å². The van der Waals surface area contributed by atoms with Gasteiger partial charge >= 0.3 is 0 Å². The molecule has 4 heterocycles. The van der Waals surface area contributed by atoms with E-state index in [9.17, 15) is 37.8 Å². The van der Waals surface area contributed by atoms with E-state index in [2.05, 4.69) is 5.32 Å². The largest absolute Gasteiger partial charge is 0.503 e. The molecule has 2 amide bonds. The normalized spacial score (nSPS) is 25.2. The molecule has 1 spiro atoms. The van der Waals surface area contributed by atoms with Gasteiger partial charge in [0.2, 0.25) is 5.43 Å². The van der Waals surface area contributed by atoms with Crippen LogP contribution in [0.2, 0.25) is 0 Å². The van der Waals surface area contributed by atoms with Gasteiger partial charge in [0.25, 0.3) is 11.8 Å². The molecule has 0 unspecified atom stereocenters. The predicted molar refractivity (Wildman–Crippen MR) is 112 cm³/mol. The Kier molecular flexibility index (Phi) is 4.84. The number of aromatic nitrogens is 1. The van der Waals surface area contributed by atoms with Gasteiger partial charge in [-0.1, -0.05) is 0 Å². The first-order valence-electron chi connectivity index (χ1n) is 10.9. The maximum Gasteiger partial charge on any atom is 0.274 e. The molecule has 34 heavy (non-hydrogen) atoms. The van der Waals surface area contributed by atoms with Crippen molar-refractivity contribution in [1.29, 1.82) is 0 Å². The molecule has 8 nitrogen and oxygen atoms in total. The van der Waals surface area contributed by atoms with Crippen LogP contribution in [0.4, 0.5) is 13.2 Å². The van der Waals surface area contributed by atoms with Crippen molar-refractivity contribution < 1.29 is 33.0 Å². The van der Waals surface area contributed by atoms with Gasteiger partial charge in [0.1, 0.15) is 28.6 Å². The lowest BCUT2D eigenvalue weighted by Gasteiger charge is -2.41. The summed E-state index contributed by atoms with van der Waals surface area (Å²) in [7, 11) is 0. The average molecular weight is 477 g/mol. The Bertz CT molecular complexity index is 1300. The van der Waals surface area contributed by atoms with Crippen LogP contribution < -0.4 is 10.7 Å². The minimum atomic E-state index is -1.69. The monoisotopic (exact) mass is 477 g/mol.